The first-order chi connectivity index (χ1) is 24.3. The molecule has 0 amide bonds. The van der Waals surface area contributed by atoms with E-state index in [-0.39, 0.29) is 12.0 Å². The molecule has 2 heterocycles. The molecule has 1 aliphatic carbocycles. The lowest BCUT2D eigenvalue weighted by Crippen LogP contribution is -2.19. The number of nitrogens with zero attached hydrogens (tertiary/aromatic N) is 2. The maximum atomic E-state index is 6.88. The van der Waals surface area contributed by atoms with Crippen LogP contribution in [0.25, 0.3) is 32.9 Å². The van der Waals surface area contributed by atoms with Gasteiger partial charge in [-0.25, -0.2) is 0 Å². The number of para-hydroxylation sites is 4. The number of ether oxygens (including phenoxy) is 1. The van der Waals surface area contributed by atoms with Crippen LogP contribution in [0.2, 0.25) is 0 Å². The van der Waals surface area contributed by atoms with Gasteiger partial charge in [-0.1, -0.05) is 121 Å². The van der Waals surface area contributed by atoms with Crippen LogP contribution >= 0.6 is 0 Å². The highest BCUT2D eigenvalue weighted by Gasteiger charge is 2.42. The molecule has 0 spiro atoms. The first-order valence-electron chi connectivity index (χ1n) is 16.9. The molecule has 1 aliphatic heterocycles. The van der Waals surface area contributed by atoms with E-state index in [1.54, 1.807) is 0 Å². The third-order valence-corrected chi connectivity index (χ3v) is 10.1. The summed E-state index contributed by atoms with van der Waals surface area (Å²) >= 11 is 0. The number of anilines is 3. The average Bonchev–Trinajstić information content (AvgIpc) is 3.72. The lowest BCUT2D eigenvalue weighted by Gasteiger charge is -2.28. The zero-order valence-electron chi connectivity index (χ0n) is 26.8. The van der Waals surface area contributed by atoms with Crippen LogP contribution in [0.15, 0.2) is 182 Å². The maximum Gasteiger partial charge on any atom is 0.150 e. The van der Waals surface area contributed by atoms with Gasteiger partial charge in [-0.15, -0.1) is 0 Å². The summed E-state index contributed by atoms with van der Waals surface area (Å²) in [5, 5.41) is 3.69. The zero-order chi connectivity index (χ0) is 32.3. The van der Waals surface area contributed by atoms with Gasteiger partial charge in [0.05, 0.1) is 11.2 Å². The lowest BCUT2D eigenvalue weighted by molar-refractivity contribution is 0.216. The fraction of sp³-hybridized carbons (Fsp3) is 0.0435. The lowest BCUT2D eigenvalue weighted by atomic mass is 9.80. The second-order valence-electron chi connectivity index (χ2n) is 12.9. The van der Waals surface area contributed by atoms with Crippen molar-refractivity contribution in [1.82, 2.24) is 4.57 Å². The highest BCUT2D eigenvalue weighted by molar-refractivity contribution is 6.02. The van der Waals surface area contributed by atoms with Crippen molar-refractivity contribution in [3.05, 3.63) is 204 Å². The van der Waals surface area contributed by atoms with Crippen molar-refractivity contribution in [1.29, 1.82) is 0 Å². The van der Waals surface area contributed by atoms with E-state index in [1.165, 1.54) is 49.6 Å². The second kappa shape index (κ2) is 11.1. The minimum absolute atomic E-state index is 0.0898. The third kappa shape index (κ3) is 4.43. The summed E-state index contributed by atoms with van der Waals surface area (Å²) < 4.78 is 9.33. The Hall–Kier alpha value is -6.32. The van der Waals surface area contributed by atoms with Crippen LogP contribution < -0.4 is 9.64 Å². The van der Waals surface area contributed by atoms with Crippen LogP contribution in [0.5, 0.6) is 5.75 Å². The quantitative estimate of drug-likeness (QED) is 0.189. The summed E-state index contributed by atoms with van der Waals surface area (Å²) in [7, 11) is 0. The summed E-state index contributed by atoms with van der Waals surface area (Å²) in [6.07, 6.45) is 2.32. The third-order valence-electron chi connectivity index (χ3n) is 10.1. The normalized spacial score (nSPS) is 16.0. The van der Waals surface area contributed by atoms with E-state index < -0.39 is 0 Å². The predicted molar refractivity (Wildman–Crippen MR) is 202 cm³/mol. The largest absolute Gasteiger partial charge is 0.483 e. The van der Waals surface area contributed by atoms with Gasteiger partial charge in [-0.3, -0.25) is 0 Å². The molecule has 2 aliphatic rings. The van der Waals surface area contributed by atoms with Crippen LogP contribution in [0.1, 0.15) is 34.4 Å². The molecule has 2 atom stereocenters. The van der Waals surface area contributed by atoms with Crippen molar-refractivity contribution in [2.24, 2.45) is 0 Å². The van der Waals surface area contributed by atoms with Gasteiger partial charge in [0, 0.05) is 45.2 Å². The molecule has 7 aromatic carbocycles. The molecular weight excluding hydrogens is 597 g/mol. The van der Waals surface area contributed by atoms with Crippen LogP contribution in [0.4, 0.5) is 17.1 Å². The highest BCUT2D eigenvalue weighted by Crippen LogP contribution is 2.55. The smallest absolute Gasteiger partial charge is 0.150 e. The molecule has 2 unspecified atom stereocenters. The van der Waals surface area contributed by atoms with Crippen LogP contribution in [0.3, 0.4) is 0 Å². The second-order valence-corrected chi connectivity index (χ2v) is 12.9. The Labute approximate surface area is 285 Å². The molecule has 0 saturated heterocycles. The Morgan fingerprint density at radius 3 is 1.94 bits per heavy atom. The summed E-state index contributed by atoms with van der Waals surface area (Å²) in [4.78, 5) is 2.31. The van der Waals surface area contributed by atoms with E-state index >= 15 is 0 Å². The van der Waals surface area contributed by atoms with Gasteiger partial charge >= 0.3 is 0 Å². The summed E-state index contributed by atoms with van der Waals surface area (Å²) in [5.41, 5.74) is 11.8. The summed E-state index contributed by atoms with van der Waals surface area (Å²) in [5.74, 6) is 1.06. The molecule has 1 aromatic heterocycles. The first kappa shape index (κ1) is 27.8. The average molecular weight is 629 g/mol. The van der Waals surface area contributed by atoms with Gasteiger partial charge < -0.3 is 14.2 Å². The molecule has 0 bridgehead atoms. The topological polar surface area (TPSA) is 17.4 Å². The van der Waals surface area contributed by atoms with Crippen LogP contribution in [0, 0.1) is 0 Å². The van der Waals surface area contributed by atoms with E-state index in [1.807, 2.05) is 0 Å². The van der Waals surface area contributed by atoms with Gasteiger partial charge in [0.1, 0.15) is 11.9 Å². The van der Waals surface area contributed by atoms with E-state index in [0.717, 1.165) is 28.5 Å². The Morgan fingerprint density at radius 1 is 0.531 bits per heavy atom. The summed E-state index contributed by atoms with van der Waals surface area (Å²) in [6.45, 7) is 0. The molecule has 232 valence electrons. The zero-order valence-corrected chi connectivity index (χ0v) is 26.8. The van der Waals surface area contributed by atoms with Crippen molar-refractivity contribution < 1.29 is 4.74 Å². The van der Waals surface area contributed by atoms with Gasteiger partial charge in [-0.05, 0) is 82.6 Å². The first-order valence-corrected chi connectivity index (χ1v) is 16.9. The molecule has 3 nitrogen and oxygen atoms in total. The fourth-order valence-corrected chi connectivity index (χ4v) is 7.94. The Balaban J connectivity index is 1.18. The van der Waals surface area contributed by atoms with E-state index in [4.69, 9.17) is 4.74 Å². The van der Waals surface area contributed by atoms with Crippen LogP contribution in [-0.2, 0) is 0 Å². The van der Waals surface area contributed by atoms with Crippen molar-refractivity contribution in [3.63, 3.8) is 0 Å². The van der Waals surface area contributed by atoms with Crippen molar-refractivity contribution in [2.45, 2.75) is 12.0 Å². The Bertz CT molecular complexity index is 2490. The number of aromatic nitrogens is 1. The Morgan fingerprint density at radius 2 is 1.16 bits per heavy atom. The molecule has 49 heavy (non-hydrogen) atoms. The molecule has 10 rings (SSSR count). The molecular formula is C46H32N2O. The van der Waals surface area contributed by atoms with Gasteiger partial charge in [-0.2, -0.15) is 0 Å². The maximum absolute atomic E-state index is 6.88. The fourth-order valence-electron chi connectivity index (χ4n) is 7.94. The predicted octanol–water partition coefficient (Wildman–Crippen LogP) is 11.9. The molecule has 3 heteroatoms. The standard InChI is InChI=1S/C46H32N2O/c1-3-15-34(16-4-1)47(35-17-5-2-6-18-35)36-26-24-32(25-27-36)40-30-41-38-19-10-12-22-43(38)49-46(41)45-44(40)39-20-9-11-21-42(39)48(45)37-28-23-31-13-7-8-14-33(31)29-37/h1-30,41,46H. The van der Waals surface area contributed by atoms with Crippen molar-refractivity contribution in [3.8, 4) is 11.4 Å². The number of hydrogen-bond acceptors (Lipinski definition) is 2. The van der Waals surface area contributed by atoms with Gasteiger partial charge in [0.25, 0.3) is 0 Å². The minimum Gasteiger partial charge on any atom is -0.483 e. The van der Waals surface area contributed by atoms with Gasteiger partial charge in [0.15, 0.2) is 0 Å². The number of fused-ring (bicyclic) bond motifs is 8. The van der Waals surface area contributed by atoms with Crippen molar-refractivity contribution >= 4 is 44.3 Å². The Kier molecular flexibility index (Phi) is 6.31. The SMILES string of the molecule is C1=C(c2ccc(N(c3ccccc3)c3ccccc3)cc2)c2c(n(-c3ccc4ccccc4c3)c3ccccc23)C2Oc3ccccc3C12. The van der Waals surface area contributed by atoms with Gasteiger partial charge in [0.2, 0.25) is 0 Å². The number of hydrogen-bond donors (Lipinski definition) is 0. The minimum atomic E-state index is -0.138. The van der Waals surface area contributed by atoms with Crippen LogP contribution in [-0.4, -0.2) is 4.57 Å². The summed E-state index contributed by atoms with van der Waals surface area (Å²) in [6, 6.07) is 63.0. The number of benzene rings is 7. The molecule has 0 fully saturated rings. The molecule has 0 N–H and O–H groups in total. The van der Waals surface area contributed by atoms with Crippen molar-refractivity contribution in [2.75, 3.05) is 4.90 Å². The van der Waals surface area contributed by atoms with E-state index in [2.05, 4.69) is 191 Å². The van der Waals surface area contributed by atoms with E-state index in [9.17, 15) is 0 Å². The van der Waals surface area contributed by atoms with E-state index in [0.29, 0.717) is 0 Å². The molecule has 0 radical (unpaired) electrons. The highest BCUT2D eigenvalue weighted by atomic mass is 16.5. The monoisotopic (exact) mass is 628 g/mol. The molecule has 0 saturated carbocycles. The number of rotatable bonds is 5. The molecule has 8 aromatic rings.